The fraction of sp³-hybridized carbons (Fsp3) is 0.500. The number of fused-ring (bicyclic) bond motifs is 1. The second-order valence-corrected chi connectivity index (χ2v) is 8.00. The molecule has 10 heteroatoms. The minimum Gasteiger partial charge on any atom is -0.353 e. The van der Waals surface area contributed by atoms with Gasteiger partial charge in [0.15, 0.2) is 0 Å². The molecule has 0 saturated carbocycles. The van der Waals surface area contributed by atoms with E-state index >= 15 is 0 Å². The van der Waals surface area contributed by atoms with E-state index in [0.717, 1.165) is 17.0 Å². The van der Waals surface area contributed by atoms with E-state index in [1.54, 1.807) is 4.90 Å². The zero-order valence-electron chi connectivity index (χ0n) is 16.9. The van der Waals surface area contributed by atoms with Crippen molar-refractivity contribution in [2.24, 2.45) is 5.92 Å². The Hall–Kier alpha value is -3.30. The van der Waals surface area contributed by atoms with Gasteiger partial charge in [-0.05, 0) is 24.8 Å². The van der Waals surface area contributed by atoms with Crippen molar-refractivity contribution >= 4 is 29.3 Å². The van der Waals surface area contributed by atoms with Crippen LogP contribution in [0, 0.1) is 16.0 Å². The lowest BCUT2D eigenvalue weighted by atomic mass is 10.0. The molecule has 1 saturated heterocycles. The highest BCUT2D eigenvalue weighted by molar-refractivity contribution is 6.22. The summed E-state index contributed by atoms with van der Waals surface area (Å²) in [5, 5.41) is 13.9. The first kappa shape index (κ1) is 21.4. The number of benzene rings is 1. The molecular weight excluding hydrogens is 392 g/mol. The lowest BCUT2D eigenvalue weighted by Gasteiger charge is -2.33. The predicted octanol–water partition coefficient (Wildman–Crippen LogP) is 1.34. The SMILES string of the molecule is CC(C)CC(=O)NC1CCN(C(=O)CN2C(=O)c3ccc([N+](=O)[O-])cc3C2=O)CC1. The summed E-state index contributed by atoms with van der Waals surface area (Å²) in [5.74, 6) is -1.44. The first-order valence-electron chi connectivity index (χ1n) is 9.89. The molecule has 3 rings (SSSR count). The van der Waals surface area contributed by atoms with Gasteiger partial charge in [-0.25, -0.2) is 0 Å². The number of likely N-dealkylation sites (tertiary alicyclic amines) is 1. The molecule has 10 nitrogen and oxygen atoms in total. The van der Waals surface area contributed by atoms with Crippen LogP contribution in [0.4, 0.5) is 5.69 Å². The normalized spacial score (nSPS) is 16.8. The molecule has 2 heterocycles. The van der Waals surface area contributed by atoms with E-state index in [1.165, 1.54) is 6.07 Å². The molecule has 160 valence electrons. The van der Waals surface area contributed by atoms with E-state index in [1.807, 2.05) is 13.8 Å². The first-order valence-corrected chi connectivity index (χ1v) is 9.89. The highest BCUT2D eigenvalue weighted by Gasteiger charge is 2.38. The Morgan fingerprint density at radius 1 is 1.17 bits per heavy atom. The zero-order chi connectivity index (χ0) is 22.0. The van der Waals surface area contributed by atoms with Crippen LogP contribution in [0.15, 0.2) is 18.2 Å². The van der Waals surface area contributed by atoms with Gasteiger partial charge in [-0.3, -0.25) is 34.2 Å². The van der Waals surface area contributed by atoms with Crippen LogP contribution in [0.1, 0.15) is 53.8 Å². The minimum atomic E-state index is -0.706. The molecule has 0 atom stereocenters. The highest BCUT2D eigenvalue weighted by atomic mass is 16.6. The van der Waals surface area contributed by atoms with Crippen LogP contribution in [0.3, 0.4) is 0 Å². The van der Waals surface area contributed by atoms with Gasteiger partial charge in [0, 0.05) is 37.7 Å². The standard InChI is InChI=1S/C20H24N4O6/c1-12(2)9-17(25)21-13-5-7-22(8-6-13)18(26)11-23-19(27)15-4-3-14(24(29)30)10-16(15)20(23)28/h3-4,10,12-13H,5-9,11H2,1-2H3,(H,21,25). The predicted molar refractivity (Wildman–Crippen MR) is 106 cm³/mol. The smallest absolute Gasteiger partial charge is 0.270 e. The number of carbonyl (C=O) groups excluding carboxylic acids is 4. The Kier molecular flexibility index (Phi) is 6.14. The van der Waals surface area contributed by atoms with Crippen molar-refractivity contribution in [3.63, 3.8) is 0 Å². The second kappa shape index (κ2) is 8.60. The van der Waals surface area contributed by atoms with Crippen molar-refractivity contribution in [3.05, 3.63) is 39.4 Å². The lowest BCUT2D eigenvalue weighted by Crippen LogP contribution is -2.49. The van der Waals surface area contributed by atoms with E-state index in [2.05, 4.69) is 5.32 Å². The number of carbonyl (C=O) groups is 4. The van der Waals surface area contributed by atoms with E-state index in [0.29, 0.717) is 32.4 Å². The van der Waals surface area contributed by atoms with E-state index < -0.39 is 23.3 Å². The third-order valence-electron chi connectivity index (χ3n) is 5.26. The summed E-state index contributed by atoms with van der Waals surface area (Å²) in [4.78, 5) is 62.2. The molecule has 0 bridgehead atoms. The average molecular weight is 416 g/mol. The number of amides is 4. The summed E-state index contributed by atoms with van der Waals surface area (Å²) in [6.45, 7) is 4.36. The molecule has 0 unspecified atom stereocenters. The van der Waals surface area contributed by atoms with Crippen molar-refractivity contribution in [2.75, 3.05) is 19.6 Å². The van der Waals surface area contributed by atoms with Crippen LogP contribution in [-0.4, -0.2) is 64.0 Å². The van der Waals surface area contributed by atoms with Gasteiger partial charge < -0.3 is 10.2 Å². The number of non-ortho nitro benzene ring substituents is 1. The van der Waals surface area contributed by atoms with Crippen molar-refractivity contribution in [1.29, 1.82) is 0 Å². The average Bonchev–Trinajstić information content (AvgIpc) is 2.92. The topological polar surface area (TPSA) is 130 Å². The molecule has 0 spiro atoms. The molecule has 1 aromatic rings. The van der Waals surface area contributed by atoms with E-state index in [9.17, 15) is 29.3 Å². The molecule has 0 aromatic heterocycles. The molecule has 0 radical (unpaired) electrons. The number of rotatable bonds is 6. The Morgan fingerprint density at radius 3 is 2.40 bits per heavy atom. The number of piperidine rings is 1. The largest absolute Gasteiger partial charge is 0.353 e. The maximum atomic E-state index is 12.6. The summed E-state index contributed by atoms with van der Waals surface area (Å²) in [5.41, 5.74) is -0.289. The number of nitro benzene ring substituents is 1. The van der Waals surface area contributed by atoms with Gasteiger partial charge in [0.2, 0.25) is 11.8 Å². The molecule has 1 aromatic carbocycles. The van der Waals surface area contributed by atoms with Crippen LogP contribution < -0.4 is 5.32 Å². The molecular formula is C20H24N4O6. The summed E-state index contributed by atoms with van der Waals surface area (Å²) >= 11 is 0. The van der Waals surface area contributed by atoms with E-state index in [-0.39, 0.29) is 40.6 Å². The summed E-state index contributed by atoms with van der Waals surface area (Å²) in [6.07, 6.45) is 1.66. The Morgan fingerprint density at radius 2 is 1.80 bits per heavy atom. The maximum absolute atomic E-state index is 12.6. The van der Waals surface area contributed by atoms with Gasteiger partial charge >= 0.3 is 0 Å². The van der Waals surface area contributed by atoms with Crippen molar-refractivity contribution in [2.45, 2.75) is 39.2 Å². The van der Waals surface area contributed by atoms with Crippen molar-refractivity contribution in [3.8, 4) is 0 Å². The first-order chi connectivity index (χ1) is 14.2. The fourth-order valence-corrected chi connectivity index (χ4v) is 3.70. The maximum Gasteiger partial charge on any atom is 0.270 e. The minimum absolute atomic E-state index is 0.000143. The van der Waals surface area contributed by atoms with Crippen LogP contribution in [-0.2, 0) is 9.59 Å². The number of hydrogen-bond donors (Lipinski definition) is 1. The monoisotopic (exact) mass is 416 g/mol. The second-order valence-electron chi connectivity index (χ2n) is 8.00. The molecule has 1 N–H and O–H groups in total. The van der Waals surface area contributed by atoms with Gasteiger partial charge in [-0.15, -0.1) is 0 Å². The summed E-state index contributed by atoms with van der Waals surface area (Å²) in [6, 6.07) is 3.46. The van der Waals surface area contributed by atoms with Crippen LogP contribution in [0.25, 0.3) is 0 Å². The summed E-state index contributed by atoms with van der Waals surface area (Å²) in [7, 11) is 0. The Balaban J connectivity index is 1.57. The van der Waals surface area contributed by atoms with Crippen molar-refractivity contribution < 1.29 is 24.1 Å². The van der Waals surface area contributed by atoms with Crippen LogP contribution in [0.2, 0.25) is 0 Å². The van der Waals surface area contributed by atoms with Gasteiger partial charge in [-0.1, -0.05) is 13.8 Å². The Labute approximate surface area is 173 Å². The molecule has 2 aliphatic rings. The number of hydrogen-bond acceptors (Lipinski definition) is 6. The third-order valence-corrected chi connectivity index (χ3v) is 5.26. The molecule has 4 amide bonds. The highest BCUT2D eigenvalue weighted by Crippen LogP contribution is 2.27. The molecule has 0 aliphatic carbocycles. The lowest BCUT2D eigenvalue weighted by molar-refractivity contribution is -0.384. The molecule has 1 fully saturated rings. The third kappa shape index (κ3) is 4.47. The number of imide groups is 1. The quantitative estimate of drug-likeness (QED) is 0.423. The number of nitrogens with one attached hydrogen (secondary N) is 1. The Bertz CT molecular complexity index is 905. The van der Waals surface area contributed by atoms with Crippen molar-refractivity contribution in [1.82, 2.24) is 15.1 Å². The van der Waals surface area contributed by atoms with Crippen LogP contribution >= 0.6 is 0 Å². The zero-order valence-corrected chi connectivity index (χ0v) is 16.9. The van der Waals surface area contributed by atoms with Crippen LogP contribution in [0.5, 0.6) is 0 Å². The van der Waals surface area contributed by atoms with Gasteiger partial charge in [-0.2, -0.15) is 0 Å². The molecule has 30 heavy (non-hydrogen) atoms. The fourth-order valence-electron chi connectivity index (χ4n) is 3.70. The van der Waals surface area contributed by atoms with E-state index in [4.69, 9.17) is 0 Å². The van der Waals surface area contributed by atoms with Gasteiger partial charge in [0.05, 0.1) is 16.1 Å². The number of nitrogens with zero attached hydrogens (tertiary/aromatic N) is 3. The molecule has 2 aliphatic heterocycles. The number of nitro groups is 1. The van der Waals surface area contributed by atoms with Gasteiger partial charge in [0.25, 0.3) is 17.5 Å². The van der Waals surface area contributed by atoms with Gasteiger partial charge in [0.1, 0.15) is 6.54 Å². The summed E-state index contributed by atoms with van der Waals surface area (Å²) < 4.78 is 0.